The minimum absolute atomic E-state index is 0.105. The van der Waals surface area contributed by atoms with Gasteiger partial charge in [0, 0.05) is 29.4 Å². The minimum Gasteiger partial charge on any atom is -0.347 e. The Kier molecular flexibility index (Phi) is 4.89. The number of rotatable bonds is 4. The molecule has 0 bridgehead atoms. The molecule has 0 unspecified atom stereocenters. The number of nitrogens with one attached hydrogen (secondary N) is 1. The van der Waals surface area contributed by atoms with E-state index in [0.29, 0.717) is 18.1 Å². The fourth-order valence-corrected chi connectivity index (χ4v) is 1.93. The third-order valence-corrected chi connectivity index (χ3v) is 3.36. The monoisotopic (exact) mass is 382 g/mol. The van der Waals surface area contributed by atoms with Gasteiger partial charge in [-0.05, 0) is 52.9 Å². The van der Waals surface area contributed by atoms with Gasteiger partial charge in [-0.1, -0.05) is 0 Å². The van der Waals surface area contributed by atoms with Crippen LogP contribution in [0.4, 0.5) is 5.95 Å². The SMILES string of the molecule is CN(C)c1nccc(CNC(=O)c2ccc(I)cc2)n1. The molecule has 1 aromatic carbocycles. The number of halogens is 1. The van der Waals surface area contributed by atoms with Gasteiger partial charge < -0.3 is 10.2 Å². The van der Waals surface area contributed by atoms with Crippen molar-refractivity contribution in [3.05, 3.63) is 51.4 Å². The van der Waals surface area contributed by atoms with Gasteiger partial charge in [-0.25, -0.2) is 9.97 Å². The standard InChI is InChI=1S/C14H15IN4O/c1-19(2)14-16-8-7-12(18-14)9-17-13(20)10-3-5-11(15)6-4-10/h3-8H,9H2,1-2H3,(H,17,20). The highest BCUT2D eigenvalue weighted by Crippen LogP contribution is 2.07. The van der Waals surface area contributed by atoms with Crippen molar-refractivity contribution in [2.24, 2.45) is 0 Å². The lowest BCUT2D eigenvalue weighted by atomic mass is 10.2. The van der Waals surface area contributed by atoms with E-state index in [9.17, 15) is 4.79 Å². The summed E-state index contributed by atoms with van der Waals surface area (Å²) < 4.78 is 1.10. The quantitative estimate of drug-likeness (QED) is 0.823. The second-order valence-electron chi connectivity index (χ2n) is 4.43. The highest BCUT2D eigenvalue weighted by molar-refractivity contribution is 14.1. The van der Waals surface area contributed by atoms with Gasteiger partial charge in [-0.2, -0.15) is 0 Å². The summed E-state index contributed by atoms with van der Waals surface area (Å²) in [5.74, 6) is 0.525. The summed E-state index contributed by atoms with van der Waals surface area (Å²) in [5.41, 5.74) is 1.43. The molecule has 2 rings (SSSR count). The molecular weight excluding hydrogens is 367 g/mol. The number of aromatic nitrogens is 2. The first-order valence-corrected chi connectivity index (χ1v) is 7.17. The largest absolute Gasteiger partial charge is 0.347 e. The summed E-state index contributed by atoms with van der Waals surface area (Å²) in [7, 11) is 3.76. The molecule has 5 nitrogen and oxygen atoms in total. The number of anilines is 1. The Morgan fingerprint density at radius 2 is 1.95 bits per heavy atom. The average Bonchev–Trinajstić information content (AvgIpc) is 2.46. The summed E-state index contributed by atoms with van der Waals surface area (Å²) in [6, 6.07) is 9.22. The van der Waals surface area contributed by atoms with Crippen molar-refractivity contribution in [3.63, 3.8) is 0 Å². The summed E-state index contributed by atoms with van der Waals surface area (Å²) in [6.45, 7) is 0.383. The Morgan fingerprint density at radius 3 is 2.60 bits per heavy atom. The van der Waals surface area contributed by atoms with Gasteiger partial charge in [0.1, 0.15) is 0 Å². The zero-order valence-electron chi connectivity index (χ0n) is 11.3. The molecule has 0 atom stereocenters. The smallest absolute Gasteiger partial charge is 0.251 e. The van der Waals surface area contributed by atoms with E-state index in [1.54, 1.807) is 12.3 Å². The van der Waals surface area contributed by atoms with Crippen LogP contribution in [0.25, 0.3) is 0 Å². The zero-order valence-corrected chi connectivity index (χ0v) is 13.5. The highest BCUT2D eigenvalue weighted by Gasteiger charge is 2.06. The van der Waals surface area contributed by atoms with Crippen LogP contribution in [0.5, 0.6) is 0 Å². The molecule has 6 heteroatoms. The summed E-state index contributed by atoms with van der Waals surface area (Å²) in [4.78, 5) is 22.3. The molecule has 0 radical (unpaired) electrons. The molecule has 0 saturated carbocycles. The van der Waals surface area contributed by atoms with Gasteiger partial charge >= 0.3 is 0 Å². The van der Waals surface area contributed by atoms with Crippen molar-refractivity contribution in [3.8, 4) is 0 Å². The normalized spacial score (nSPS) is 10.2. The van der Waals surface area contributed by atoms with Crippen LogP contribution in [0, 0.1) is 3.57 Å². The zero-order chi connectivity index (χ0) is 14.5. The van der Waals surface area contributed by atoms with Crippen LogP contribution < -0.4 is 10.2 Å². The lowest BCUT2D eigenvalue weighted by molar-refractivity contribution is 0.0950. The van der Waals surface area contributed by atoms with Crippen molar-refractivity contribution in [2.45, 2.75) is 6.54 Å². The van der Waals surface area contributed by atoms with E-state index < -0.39 is 0 Å². The van der Waals surface area contributed by atoms with Gasteiger partial charge in [0.15, 0.2) is 0 Å². The molecule has 1 aromatic heterocycles. The van der Waals surface area contributed by atoms with Crippen molar-refractivity contribution in [1.82, 2.24) is 15.3 Å². The van der Waals surface area contributed by atoms with Crippen molar-refractivity contribution in [2.75, 3.05) is 19.0 Å². The average molecular weight is 382 g/mol. The molecule has 0 fully saturated rings. The Balaban J connectivity index is 1.99. The summed E-state index contributed by atoms with van der Waals surface area (Å²) in [5, 5.41) is 2.85. The Labute approximate surface area is 131 Å². The van der Waals surface area contributed by atoms with Crippen LogP contribution in [0.3, 0.4) is 0 Å². The Hall–Kier alpha value is -1.70. The van der Waals surface area contributed by atoms with Crippen LogP contribution in [0.15, 0.2) is 36.5 Å². The molecule has 20 heavy (non-hydrogen) atoms. The molecule has 104 valence electrons. The number of hydrogen-bond acceptors (Lipinski definition) is 4. The summed E-state index contributed by atoms with van der Waals surface area (Å²) >= 11 is 2.21. The number of amides is 1. The van der Waals surface area contributed by atoms with Crippen LogP contribution >= 0.6 is 22.6 Å². The molecule has 1 heterocycles. The molecule has 2 aromatic rings. The van der Waals surface area contributed by atoms with E-state index in [0.717, 1.165) is 9.26 Å². The number of benzene rings is 1. The molecule has 0 aliphatic carbocycles. The van der Waals surface area contributed by atoms with E-state index in [1.807, 2.05) is 43.3 Å². The fraction of sp³-hybridized carbons (Fsp3) is 0.214. The first kappa shape index (κ1) is 14.7. The van der Waals surface area contributed by atoms with Crippen LogP contribution in [-0.2, 0) is 6.54 Å². The van der Waals surface area contributed by atoms with E-state index in [-0.39, 0.29) is 5.91 Å². The van der Waals surface area contributed by atoms with E-state index in [4.69, 9.17) is 0 Å². The number of carbonyl (C=O) groups excluding carboxylic acids is 1. The maximum atomic E-state index is 12.0. The Morgan fingerprint density at radius 1 is 1.25 bits per heavy atom. The first-order valence-electron chi connectivity index (χ1n) is 6.09. The van der Waals surface area contributed by atoms with Crippen molar-refractivity contribution in [1.29, 1.82) is 0 Å². The van der Waals surface area contributed by atoms with E-state index >= 15 is 0 Å². The summed E-state index contributed by atoms with van der Waals surface area (Å²) in [6.07, 6.45) is 1.69. The second-order valence-corrected chi connectivity index (χ2v) is 5.68. The van der Waals surface area contributed by atoms with Gasteiger partial charge in [0.25, 0.3) is 5.91 Å². The second kappa shape index (κ2) is 6.65. The van der Waals surface area contributed by atoms with E-state index in [1.165, 1.54) is 0 Å². The maximum absolute atomic E-state index is 12.0. The van der Waals surface area contributed by atoms with Crippen LogP contribution in [-0.4, -0.2) is 30.0 Å². The minimum atomic E-state index is -0.105. The predicted molar refractivity (Wildman–Crippen MR) is 86.7 cm³/mol. The lowest BCUT2D eigenvalue weighted by Crippen LogP contribution is -2.24. The highest BCUT2D eigenvalue weighted by atomic mass is 127. The van der Waals surface area contributed by atoms with Crippen molar-refractivity contribution < 1.29 is 4.79 Å². The topological polar surface area (TPSA) is 58.1 Å². The molecule has 0 aliphatic heterocycles. The molecule has 1 N–H and O–H groups in total. The number of carbonyl (C=O) groups is 1. The third kappa shape index (κ3) is 3.89. The van der Waals surface area contributed by atoms with E-state index in [2.05, 4.69) is 37.9 Å². The van der Waals surface area contributed by atoms with Gasteiger partial charge in [-0.3, -0.25) is 4.79 Å². The first-order chi connectivity index (χ1) is 9.56. The molecule has 0 aliphatic rings. The van der Waals surface area contributed by atoms with Crippen LogP contribution in [0.2, 0.25) is 0 Å². The molecule has 0 spiro atoms. The number of hydrogen-bond donors (Lipinski definition) is 1. The van der Waals surface area contributed by atoms with Crippen LogP contribution in [0.1, 0.15) is 16.1 Å². The fourth-order valence-electron chi connectivity index (χ4n) is 1.57. The van der Waals surface area contributed by atoms with Crippen molar-refractivity contribution >= 4 is 34.4 Å². The van der Waals surface area contributed by atoms with Gasteiger partial charge in [-0.15, -0.1) is 0 Å². The third-order valence-electron chi connectivity index (χ3n) is 2.64. The number of nitrogens with zero attached hydrogens (tertiary/aromatic N) is 3. The van der Waals surface area contributed by atoms with Gasteiger partial charge in [0.2, 0.25) is 5.95 Å². The van der Waals surface area contributed by atoms with Gasteiger partial charge in [0.05, 0.1) is 12.2 Å². The molecular formula is C14H15IN4O. The molecule has 0 saturated heterocycles. The Bertz CT molecular complexity index is 598. The predicted octanol–water partition coefficient (Wildman–Crippen LogP) is 2.08. The lowest BCUT2D eigenvalue weighted by Gasteiger charge is -2.11. The molecule has 1 amide bonds. The maximum Gasteiger partial charge on any atom is 0.251 e.